The molecule has 0 saturated carbocycles. The molecule has 1 aromatic carbocycles. The van der Waals surface area contributed by atoms with Crippen molar-refractivity contribution in [2.24, 2.45) is 0 Å². The number of ether oxygens (including phenoxy) is 1. The summed E-state index contributed by atoms with van der Waals surface area (Å²) in [6, 6.07) is 6.89. The van der Waals surface area contributed by atoms with Crippen LogP contribution in [-0.4, -0.2) is 37.4 Å². The number of carbonyl (C=O) groups excluding carboxylic acids is 2. The van der Waals surface area contributed by atoms with E-state index in [9.17, 15) is 9.59 Å². The van der Waals surface area contributed by atoms with Crippen LogP contribution in [-0.2, 0) is 4.79 Å². The normalized spacial score (nSPS) is 10.4. The Morgan fingerprint density at radius 3 is 2.67 bits per heavy atom. The molecule has 5 nitrogen and oxygen atoms in total. The number of rotatable bonds is 5. The Labute approximate surface area is 157 Å². The Kier molecular flexibility index (Phi) is 6.26. The van der Waals surface area contributed by atoms with E-state index < -0.39 is 0 Å². The highest BCUT2D eigenvalue weighted by Gasteiger charge is 2.18. The smallest absolute Gasteiger partial charge is 0.264 e. The molecule has 2 aromatic rings. The Morgan fingerprint density at radius 2 is 2.08 bits per heavy atom. The number of benzene rings is 1. The van der Waals surface area contributed by atoms with Gasteiger partial charge in [0.15, 0.2) is 0 Å². The van der Waals surface area contributed by atoms with E-state index in [-0.39, 0.29) is 18.4 Å². The Balaban J connectivity index is 2.05. The zero-order chi connectivity index (χ0) is 17.9. The molecular formula is C16H16BrClN2O3S. The van der Waals surface area contributed by atoms with Crippen molar-refractivity contribution >= 4 is 56.4 Å². The summed E-state index contributed by atoms with van der Waals surface area (Å²) in [5.41, 5.74) is 1.34. The molecule has 0 saturated heterocycles. The second-order valence-corrected chi connectivity index (χ2v) is 7.99. The molecule has 128 valence electrons. The number of hydrogen-bond acceptors (Lipinski definition) is 4. The van der Waals surface area contributed by atoms with Crippen LogP contribution in [0.15, 0.2) is 28.1 Å². The van der Waals surface area contributed by atoms with Crippen LogP contribution < -0.4 is 10.1 Å². The molecule has 1 N–H and O–H groups in total. The predicted octanol–water partition coefficient (Wildman–Crippen LogP) is 4.19. The molecule has 2 amide bonds. The number of likely N-dealkylation sites (N-methyl/N-ethyl adjacent to an activating group) is 1. The third-order valence-corrected chi connectivity index (χ3v) is 5.29. The molecule has 0 fully saturated rings. The highest BCUT2D eigenvalue weighted by Crippen LogP contribution is 2.31. The summed E-state index contributed by atoms with van der Waals surface area (Å²) >= 11 is 10.7. The zero-order valence-electron chi connectivity index (χ0n) is 13.4. The standard InChI is InChI=1S/C16H16BrClN2O3S/c1-9-6-11(12(23-3)7-10(9)18)19-15(21)8-20(2)16(22)13-4-5-14(17)24-13/h4-7H,8H2,1-3H3,(H,19,21). The first-order valence-electron chi connectivity index (χ1n) is 6.96. The van der Waals surface area contributed by atoms with Crippen molar-refractivity contribution in [3.05, 3.63) is 43.5 Å². The van der Waals surface area contributed by atoms with Crippen molar-refractivity contribution in [3.63, 3.8) is 0 Å². The van der Waals surface area contributed by atoms with Crippen LogP contribution in [0.1, 0.15) is 15.2 Å². The SMILES string of the molecule is COc1cc(Cl)c(C)cc1NC(=O)CN(C)C(=O)c1ccc(Br)s1. The molecule has 0 aliphatic heterocycles. The summed E-state index contributed by atoms with van der Waals surface area (Å²) in [6.45, 7) is 1.76. The first-order valence-corrected chi connectivity index (χ1v) is 8.95. The molecule has 0 atom stereocenters. The number of nitrogens with one attached hydrogen (secondary N) is 1. The van der Waals surface area contributed by atoms with Gasteiger partial charge in [-0.2, -0.15) is 0 Å². The van der Waals surface area contributed by atoms with Gasteiger partial charge in [-0.15, -0.1) is 11.3 Å². The molecule has 1 heterocycles. The molecular weight excluding hydrogens is 416 g/mol. The molecule has 24 heavy (non-hydrogen) atoms. The van der Waals surface area contributed by atoms with Gasteiger partial charge in [-0.3, -0.25) is 9.59 Å². The number of aryl methyl sites for hydroxylation is 1. The Bertz CT molecular complexity index is 779. The van der Waals surface area contributed by atoms with Crippen LogP contribution >= 0.6 is 38.9 Å². The first kappa shape index (κ1) is 18.8. The van der Waals surface area contributed by atoms with Crippen LogP contribution in [0.4, 0.5) is 5.69 Å². The van der Waals surface area contributed by atoms with Crippen molar-refractivity contribution in [1.29, 1.82) is 0 Å². The van der Waals surface area contributed by atoms with Gasteiger partial charge in [0.2, 0.25) is 5.91 Å². The van der Waals surface area contributed by atoms with E-state index in [2.05, 4.69) is 21.2 Å². The highest BCUT2D eigenvalue weighted by molar-refractivity contribution is 9.11. The second kappa shape index (κ2) is 8.00. The van der Waals surface area contributed by atoms with Gasteiger partial charge in [0.25, 0.3) is 5.91 Å². The maximum absolute atomic E-state index is 12.3. The molecule has 0 spiro atoms. The topological polar surface area (TPSA) is 58.6 Å². The highest BCUT2D eigenvalue weighted by atomic mass is 79.9. The van der Waals surface area contributed by atoms with Gasteiger partial charge in [0.1, 0.15) is 5.75 Å². The minimum atomic E-state index is -0.318. The van der Waals surface area contributed by atoms with Gasteiger partial charge in [-0.25, -0.2) is 0 Å². The number of methoxy groups -OCH3 is 1. The lowest BCUT2D eigenvalue weighted by Gasteiger charge is -2.17. The number of anilines is 1. The van der Waals surface area contributed by atoms with E-state index in [4.69, 9.17) is 16.3 Å². The maximum atomic E-state index is 12.3. The van der Waals surface area contributed by atoms with E-state index in [0.717, 1.165) is 9.35 Å². The zero-order valence-corrected chi connectivity index (χ0v) is 16.5. The quantitative estimate of drug-likeness (QED) is 0.772. The number of carbonyl (C=O) groups is 2. The van der Waals surface area contributed by atoms with Crippen molar-refractivity contribution in [3.8, 4) is 5.75 Å². The number of amides is 2. The van der Waals surface area contributed by atoms with Crippen LogP contribution in [0.25, 0.3) is 0 Å². The van der Waals surface area contributed by atoms with Crippen molar-refractivity contribution in [2.75, 3.05) is 26.0 Å². The summed E-state index contributed by atoms with van der Waals surface area (Å²) in [5.74, 6) is -0.0586. The van der Waals surface area contributed by atoms with Gasteiger partial charge in [-0.05, 0) is 46.6 Å². The Hall–Kier alpha value is -1.57. The fourth-order valence-electron chi connectivity index (χ4n) is 2.02. The number of halogens is 2. The average molecular weight is 432 g/mol. The number of nitrogens with zero attached hydrogens (tertiary/aromatic N) is 1. The molecule has 8 heteroatoms. The van der Waals surface area contributed by atoms with Crippen molar-refractivity contribution < 1.29 is 14.3 Å². The minimum Gasteiger partial charge on any atom is -0.495 e. The number of thiophene rings is 1. The van der Waals surface area contributed by atoms with E-state index in [0.29, 0.717) is 21.3 Å². The molecule has 1 aromatic heterocycles. The molecule has 0 bridgehead atoms. The molecule has 0 unspecified atom stereocenters. The van der Waals surface area contributed by atoms with Gasteiger partial charge in [-0.1, -0.05) is 11.6 Å². The average Bonchev–Trinajstić information content (AvgIpc) is 2.96. The van der Waals surface area contributed by atoms with Crippen LogP contribution in [0, 0.1) is 6.92 Å². The monoisotopic (exact) mass is 430 g/mol. The number of hydrogen-bond donors (Lipinski definition) is 1. The van der Waals surface area contributed by atoms with E-state index >= 15 is 0 Å². The third-order valence-electron chi connectivity index (χ3n) is 3.27. The van der Waals surface area contributed by atoms with E-state index in [1.165, 1.54) is 23.3 Å². The maximum Gasteiger partial charge on any atom is 0.264 e. The van der Waals surface area contributed by atoms with Gasteiger partial charge < -0.3 is 15.0 Å². The fourth-order valence-corrected chi connectivity index (χ4v) is 3.56. The summed E-state index contributed by atoms with van der Waals surface area (Å²) in [7, 11) is 3.08. The molecule has 0 radical (unpaired) electrons. The lowest BCUT2D eigenvalue weighted by Crippen LogP contribution is -2.34. The minimum absolute atomic E-state index is 0.0703. The third kappa shape index (κ3) is 4.49. The summed E-state index contributed by atoms with van der Waals surface area (Å²) in [5, 5.41) is 3.31. The lowest BCUT2D eigenvalue weighted by atomic mass is 10.2. The summed E-state index contributed by atoms with van der Waals surface area (Å²) in [6.07, 6.45) is 0. The first-order chi connectivity index (χ1) is 11.3. The van der Waals surface area contributed by atoms with Crippen molar-refractivity contribution in [2.45, 2.75) is 6.92 Å². The van der Waals surface area contributed by atoms with Gasteiger partial charge in [0.05, 0.1) is 28.0 Å². The van der Waals surface area contributed by atoms with Gasteiger partial charge >= 0.3 is 0 Å². The lowest BCUT2D eigenvalue weighted by molar-refractivity contribution is -0.116. The van der Waals surface area contributed by atoms with Crippen LogP contribution in [0.2, 0.25) is 5.02 Å². The van der Waals surface area contributed by atoms with Crippen LogP contribution in [0.5, 0.6) is 5.75 Å². The van der Waals surface area contributed by atoms with Crippen LogP contribution in [0.3, 0.4) is 0 Å². The van der Waals surface area contributed by atoms with E-state index in [1.807, 2.05) is 6.92 Å². The van der Waals surface area contributed by atoms with Gasteiger partial charge in [0, 0.05) is 18.1 Å². The molecule has 0 aliphatic rings. The Morgan fingerprint density at radius 1 is 1.38 bits per heavy atom. The van der Waals surface area contributed by atoms with Crippen molar-refractivity contribution in [1.82, 2.24) is 4.90 Å². The fraction of sp³-hybridized carbons (Fsp3) is 0.250. The molecule has 0 aliphatic carbocycles. The predicted molar refractivity (Wildman–Crippen MR) is 100 cm³/mol. The largest absolute Gasteiger partial charge is 0.495 e. The van der Waals surface area contributed by atoms with E-state index in [1.54, 1.807) is 31.3 Å². The summed E-state index contributed by atoms with van der Waals surface area (Å²) < 4.78 is 6.09. The summed E-state index contributed by atoms with van der Waals surface area (Å²) in [4.78, 5) is 26.4. The molecule has 2 rings (SSSR count). The second-order valence-electron chi connectivity index (χ2n) is 5.11.